The molecule has 2 atom stereocenters. The van der Waals surface area contributed by atoms with Gasteiger partial charge in [-0.3, -0.25) is 0 Å². The van der Waals surface area contributed by atoms with Gasteiger partial charge in [0.1, 0.15) is 0 Å². The van der Waals surface area contributed by atoms with Gasteiger partial charge in [-0.2, -0.15) is 5.14 Å². The molecule has 0 aliphatic carbocycles. The number of rotatable bonds is 8. The van der Waals surface area contributed by atoms with Gasteiger partial charge in [0.25, 0.3) is 0 Å². The van der Waals surface area contributed by atoms with Crippen LogP contribution in [0.5, 0.6) is 0 Å². The second-order valence-electron chi connectivity index (χ2n) is 3.27. The van der Waals surface area contributed by atoms with Gasteiger partial charge in [-0.15, -0.1) is 0 Å². The fourth-order valence-corrected chi connectivity index (χ4v) is 1.18. The van der Waals surface area contributed by atoms with Crippen LogP contribution in [-0.2, 0) is 16.1 Å². The monoisotopic (exact) mass is 207 g/mol. The summed E-state index contributed by atoms with van der Waals surface area (Å²) in [5.74, 6) is 0. The van der Waals surface area contributed by atoms with Crippen LogP contribution in [0.15, 0.2) is 0 Å². The average molecular weight is 207 g/mol. The normalized spacial score (nSPS) is 15.7. The van der Waals surface area contributed by atoms with E-state index in [1.54, 1.807) is 0 Å². The number of hydrogen-bond acceptors (Lipinski definition) is 3. The van der Waals surface area contributed by atoms with E-state index in [4.69, 9.17) is 9.88 Å². The van der Waals surface area contributed by atoms with Crippen molar-refractivity contribution in [3.05, 3.63) is 0 Å². The van der Waals surface area contributed by atoms with E-state index in [9.17, 15) is 4.55 Å². The molecule has 2 N–H and O–H groups in total. The van der Waals surface area contributed by atoms with Gasteiger partial charge in [-0.25, -0.2) is 0 Å². The highest BCUT2D eigenvalue weighted by Gasteiger charge is 2.12. The smallest absolute Gasteiger partial charge is 0.155 e. The maximum Gasteiger partial charge on any atom is 0.155 e. The molecule has 0 bridgehead atoms. The summed E-state index contributed by atoms with van der Waals surface area (Å²) in [5, 5.41) is 5.14. The zero-order chi connectivity index (χ0) is 10.1. The SMILES string of the molecule is CCCCCCOCC(C)[S+](N)[O-]. The summed E-state index contributed by atoms with van der Waals surface area (Å²) in [7, 11) is 0. The molecule has 0 radical (unpaired) electrons. The molecule has 2 unspecified atom stereocenters. The minimum Gasteiger partial charge on any atom is -0.598 e. The van der Waals surface area contributed by atoms with Crippen LogP contribution in [0, 0.1) is 0 Å². The van der Waals surface area contributed by atoms with Crippen molar-refractivity contribution in [2.75, 3.05) is 13.2 Å². The third kappa shape index (κ3) is 8.56. The average Bonchev–Trinajstić information content (AvgIpc) is 2.10. The van der Waals surface area contributed by atoms with Gasteiger partial charge >= 0.3 is 0 Å². The van der Waals surface area contributed by atoms with Crippen molar-refractivity contribution in [1.82, 2.24) is 0 Å². The molecule has 0 aromatic carbocycles. The molecule has 0 aliphatic heterocycles. The lowest BCUT2D eigenvalue weighted by atomic mass is 10.2. The van der Waals surface area contributed by atoms with E-state index in [1.807, 2.05) is 6.92 Å². The number of nitrogens with two attached hydrogens (primary N) is 1. The number of ether oxygens (including phenoxy) is 1. The van der Waals surface area contributed by atoms with E-state index in [0.717, 1.165) is 13.0 Å². The van der Waals surface area contributed by atoms with Crippen LogP contribution in [0.4, 0.5) is 0 Å². The first kappa shape index (κ1) is 13.2. The molecule has 3 nitrogen and oxygen atoms in total. The molecule has 0 spiro atoms. The van der Waals surface area contributed by atoms with Gasteiger partial charge in [0.05, 0.1) is 6.61 Å². The molecule has 13 heavy (non-hydrogen) atoms. The highest BCUT2D eigenvalue weighted by atomic mass is 32.2. The van der Waals surface area contributed by atoms with Crippen LogP contribution in [0.2, 0.25) is 0 Å². The van der Waals surface area contributed by atoms with Gasteiger partial charge in [-0.05, 0) is 13.3 Å². The third-order valence-electron chi connectivity index (χ3n) is 1.89. The molecule has 4 heteroatoms. The predicted octanol–water partition coefficient (Wildman–Crippen LogP) is 1.59. The second-order valence-corrected chi connectivity index (χ2v) is 4.74. The molecule has 80 valence electrons. The zero-order valence-corrected chi connectivity index (χ0v) is 9.44. The summed E-state index contributed by atoms with van der Waals surface area (Å²) in [6, 6.07) is 0. The summed E-state index contributed by atoms with van der Waals surface area (Å²) in [4.78, 5) is 0. The Kier molecular flexibility index (Phi) is 8.97. The van der Waals surface area contributed by atoms with E-state index >= 15 is 0 Å². The highest BCUT2D eigenvalue weighted by molar-refractivity contribution is 7.89. The van der Waals surface area contributed by atoms with Crippen LogP contribution in [0.1, 0.15) is 39.5 Å². The van der Waals surface area contributed by atoms with Crippen LogP contribution >= 0.6 is 0 Å². The Labute approximate surface area is 84.3 Å². The largest absolute Gasteiger partial charge is 0.598 e. The molecular formula is C9H21NO2S. The van der Waals surface area contributed by atoms with Crippen molar-refractivity contribution >= 4 is 11.4 Å². The van der Waals surface area contributed by atoms with Crippen LogP contribution in [0.3, 0.4) is 0 Å². The molecule has 0 amide bonds. The third-order valence-corrected chi connectivity index (χ3v) is 2.82. The fourth-order valence-electron chi connectivity index (χ4n) is 0.947. The lowest BCUT2D eigenvalue weighted by Gasteiger charge is -2.12. The minimum absolute atomic E-state index is 0.0498. The van der Waals surface area contributed by atoms with Crippen molar-refractivity contribution < 1.29 is 9.29 Å². The van der Waals surface area contributed by atoms with Crippen molar-refractivity contribution in [3.63, 3.8) is 0 Å². The summed E-state index contributed by atoms with van der Waals surface area (Å²) in [6.45, 7) is 5.29. The van der Waals surface area contributed by atoms with E-state index in [2.05, 4.69) is 6.92 Å². The maximum atomic E-state index is 10.7. The molecular weight excluding hydrogens is 186 g/mol. The predicted molar refractivity (Wildman–Crippen MR) is 56.8 cm³/mol. The molecule has 0 rings (SSSR count). The van der Waals surface area contributed by atoms with Crippen molar-refractivity contribution in [2.45, 2.75) is 44.8 Å². The Balaban J connectivity index is 3.07. The lowest BCUT2D eigenvalue weighted by molar-refractivity contribution is 0.132. The molecule has 0 aliphatic rings. The fraction of sp³-hybridized carbons (Fsp3) is 1.00. The van der Waals surface area contributed by atoms with Crippen LogP contribution in [0.25, 0.3) is 0 Å². The van der Waals surface area contributed by atoms with Crippen LogP contribution < -0.4 is 5.14 Å². The molecule has 0 heterocycles. The van der Waals surface area contributed by atoms with Gasteiger partial charge < -0.3 is 9.29 Å². The Morgan fingerprint density at radius 1 is 1.38 bits per heavy atom. The second kappa shape index (κ2) is 8.81. The molecule has 0 aromatic rings. The van der Waals surface area contributed by atoms with E-state index in [1.165, 1.54) is 19.3 Å². The van der Waals surface area contributed by atoms with Gasteiger partial charge in [0.2, 0.25) is 0 Å². The number of unbranched alkanes of at least 4 members (excludes halogenated alkanes) is 3. The van der Waals surface area contributed by atoms with Gasteiger partial charge in [-0.1, -0.05) is 26.2 Å². The molecule has 0 saturated heterocycles. The first-order valence-corrected chi connectivity index (χ1v) is 6.18. The lowest BCUT2D eigenvalue weighted by Crippen LogP contribution is -2.30. The maximum absolute atomic E-state index is 10.7. The standard InChI is InChI=1S/C9H21NO2S/c1-3-4-5-6-7-12-8-9(2)13(10)11/h9H,3-8,10H2,1-2H3. The summed E-state index contributed by atoms with van der Waals surface area (Å²) < 4.78 is 16.0. The van der Waals surface area contributed by atoms with E-state index in [-0.39, 0.29) is 5.25 Å². The van der Waals surface area contributed by atoms with E-state index in [0.29, 0.717) is 6.61 Å². The summed E-state index contributed by atoms with van der Waals surface area (Å²) >= 11 is -1.24. The van der Waals surface area contributed by atoms with Gasteiger partial charge in [0.15, 0.2) is 5.25 Å². The zero-order valence-electron chi connectivity index (χ0n) is 8.62. The topological polar surface area (TPSA) is 58.3 Å². The summed E-state index contributed by atoms with van der Waals surface area (Å²) in [6.07, 6.45) is 4.82. The molecule has 0 aromatic heterocycles. The Morgan fingerprint density at radius 2 is 2.08 bits per heavy atom. The van der Waals surface area contributed by atoms with Crippen LogP contribution in [-0.4, -0.2) is 23.0 Å². The van der Waals surface area contributed by atoms with Crippen molar-refractivity contribution in [3.8, 4) is 0 Å². The first-order chi connectivity index (χ1) is 6.18. The number of hydrogen-bond donors (Lipinski definition) is 1. The van der Waals surface area contributed by atoms with E-state index < -0.39 is 11.4 Å². The van der Waals surface area contributed by atoms with Crippen molar-refractivity contribution in [2.24, 2.45) is 5.14 Å². The Hall–Kier alpha value is 0.230. The van der Waals surface area contributed by atoms with Gasteiger partial charge in [0, 0.05) is 18.0 Å². The Bertz CT molecular complexity index is 112. The highest BCUT2D eigenvalue weighted by Crippen LogP contribution is 2.00. The first-order valence-electron chi connectivity index (χ1n) is 4.91. The molecule has 0 fully saturated rings. The minimum atomic E-state index is -1.24. The quantitative estimate of drug-likeness (QED) is 0.486. The van der Waals surface area contributed by atoms with Crippen molar-refractivity contribution in [1.29, 1.82) is 0 Å². The summed E-state index contributed by atoms with van der Waals surface area (Å²) in [5.41, 5.74) is 0. The molecule has 0 saturated carbocycles. The Morgan fingerprint density at radius 3 is 2.62 bits per heavy atom.